The number of nitrogens with zero attached hydrogens (tertiary/aromatic N) is 2. The smallest absolute Gasteiger partial charge is 0.222 e. The molecule has 0 fully saturated rings. The predicted octanol–water partition coefficient (Wildman–Crippen LogP) is 3.29. The molecule has 0 unspecified atom stereocenters. The Labute approximate surface area is 131 Å². The van der Waals surface area contributed by atoms with E-state index in [0.29, 0.717) is 17.9 Å². The van der Waals surface area contributed by atoms with Crippen molar-refractivity contribution in [3.63, 3.8) is 0 Å². The summed E-state index contributed by atoms with van der Waals surface area (Å²) in [6.07, 6.45) is 3.99. The third kappa shape index (κ3) is 3.32. The van der Waals surface area contributed by atoms with E-state index in [9.17, 15) is 4.79 Å². The zero-order valence-corrected chi connectivity index (χ0v) is 13.1. The molecular formula is C18H21N3O. The highest BCUT2D eigenvalue weighted by atomic mass is 16.1. The summed E-state index contributed by atoms with van der Waals surface area (Å²) in [7, 11) is 0. The molecule has 0 aliphatic heterocycles. The molecule has 22 heavy (non-hydrogen) atoms. The number of fused-ring (bicyclic) bond motifs is 1. The molecule has 114 valence electrons. The first kappa shape index (κ1) is 14.7. The van der Waals surface area contributed by atoms with Gasteiger partial charge in [0.25, 0.3) is 0 Å². The Bertz CT molecular complexity index is 680. The van der Waals surface area contributed by atoms with Crippen molar-refractivity contribution in [3.05, 3.63) is 53.3 Å². The van der Waals surface area contributed by atoms with E-state index in [1.807, 2.05) is 18.2 Å². The molecule has 1 aliphatic carbocycles. The number of anilines is 1. The van der Waals surface area contributed by atoms with E-state index in [1.165, 1.54) is 5.56 Å². The lowest BCUT2D eigenvalue weighted by atomic mass is 9.76. The Morgan fingerprint density at radius 3 is 2.73 bits per heavy atom. The van der Waals surface area contributed by atoms with Crippen LogP contribution in [-0.2, 0) is 12.8 Å². The second-order valence-electron chi connectivity index (χ2n) is 6.66. The zero-order valence-electron chi connectivity index (χ0n) is 13.1. The van der Waals surface area contributed by atoms with E-state index < -0.39 is 0 Å². The average molecular weight is 295 g/mol. The van der Waals surface area contributed by atoms with E-state index in [0.717, 1.165) is 25.1 Å². The Kier molecular flexibility index (Phi) is 3.92. The summed E-state index contributed by atoms with van der Waals surface area (Å²) in [5, 5.41) is 3.25. The Hall–Kier alpha value is -2.23. The first-order valence-electron chi connectivity index (χ1n) is 7.70. The first-order valence-corrected chi connectivity index (χ1v) is 7.70. The van der Waals surface area contributed by atoms with Crippen LogP contribution in [0.25, 0.3) is 0 Å². The van der Waals surface area contributed by atoms with Crippen molar-refractivity contribution < 1.29 is 4.79 Å². The molecule has 0 amide bonds. The van der Waals surface area contributed by atoms with Gasteiger partial charge in [-0.15, -0.1) is 0 Å². The van der Waals surface area contributed by atoms with Crippen LogP contribution >= 0.6 is 0 Å². The van der Waals surface area contributed by atoms with Crippen molar-refractivity contribution >= 4 is 11.7 Å². The van der Waals surface area contributed by atoms with E-state index >= 15 is 0 Å². The van der Waals surface area contributed by atoms with Gasteiger partial charge >= 0.3 is 0 Å². The standard InChI is InChI=1S/C18H21N3O/c1-18(2)10-15-14(16(22)11-18)12-20-17(21-15)19-9-8-13-6-4-3-5-7-13/h3-7,12H,8-11H2,1-2H3,(H,19,20,21). The van der Waals surface area contributed by atoms with Gasteiger partial charge in [0.05, 0.1) is 11.3 Å². The lowest BCUT2D eigenvalue weighted by Crippen LogP contribution is -2.28. The summed E-state index contributed by atoms with van der Waals surface area (Å²) in [6.45, 7) is 5.00. The number of aromatic nitrogens is 2. The predicted molar refractivity (Wildman–Crippen MR) is 87.1 cm³/mol. The topological polar surface area (TPSA) is 54.9 Å². The maximum absolute atomic E-state index is 12.1. The second kappa shape index (κ2) is 5.87. The van der Waals surface area contributed by atoms with E-state index in [1.54, 1.807) is 6.20 Å². The fourth-order valence-corrected chi connectivity index (χ4v) is 2.88. The van der Waals surface area contributed by atoms with Gasteiger partial charge in [-0.2, -0.15) is 0 Å². The van der Waals surface area contributed by atoms with Gasteiger partial charge in [-0.1, -0.05) is 44.2 Å². The zero-order chi connectivity index (χ0) is 15.6. The molecule has 3 rings (SSSR count). The second-order valence-corrected chi connectivity index (χ2v) is 6.66. The maximum Gasteiger partial charge on any atom is 0.222 e. The molecule has 0 atom stereocenters. The van der Waals surface area contributed by atoms with Gasteiger partial charge in [0.15, 0.2) is 5.78 Å². The number of hydrogen-bond acceptors (Lipinski definition) is 4. The van der Waals surface area contributed by atoms with Gasteiger partial charge in [-0.05, 0) is 23.8 Å². The van der Waals surface area contributed by atoms with Crippen LogP contribution in [-0.4, -0.2) is 22.3 Å². The normalized spacial score (nSPS) is 16.2. The van der Waals surface area contributed by atoms with E-state index in [4.69, 9.17) is 0 Å². The van der Waals surface area contributed by atoms with Crippen LogP contribution in [0.5, 0.6) is 0 Å². The van der Waals surface area contributed by atoms with Crippen LogP contribution in [0.1, 0.15) is 41.9 Å². The quantitative estimate of drug-likeness (QED) is 0.940. The van der Waals surface area contributed by atoms with E-state index in [-0.39, 0.29) is 11.2 Å². The highest BCUT2D eigenvalue weighted by Crippen LogP contribution is 2.33. The third-order valence-electron chi connectivity index (χ3n) is 3.99. The summed E-state index contributed by atoms with van der Waals surface area (Å²) in [5.41, 5.74) is 2.83. The van der Waals surface area contributed by atoms with Gasteiger partial charge in [0.2, 0.25) is 5.95 Å². The molecular weight excluding hydrogens is 274 g/mol. The SMILES string of the molecule is CC1(C)CC(=O)c2cnc(NCCc3ccccc3)nc2C1. The minimum absolute atomic E-state index is 0.0141. The van der Waals surface area contributed by atoms with Crippen LogP contribution in [0.2, 0.25) is 0 Å². The fraction of sp³-hybridized carbons (Fsp3) is 0.389. The summed E-state index contributed by atoms with van der Waals surface area (Å²) in [6, 6.07) is 10.3. The lowest BCUT2D eigenvalue weighted by molar-refractivity contribution is 0.0910. The number of ketones is 1. The Morgan fingerprint density at radius 2 is 1.95 bits per heavy atom. The third-order valence-corrected chi connectivity index (χ3v) is 3.99. The highest BCUT2D eigenvalue weighted by molar-refractivity contribution is 5.98. The summed E-state index contributed by atoms with van der Waals surface area (Å²) in [5.74, 6) is 0.766. The number of carbonyl (C=O) groups excluding carboxylic acids is 1. The monoisotopic (exact) mass is 295 g/mol. The molecule has 1 aromatic heterocycles. The molecule has 0 saturated heterocycles. The molecule has 0 saturated carbocycles. The van der Waals surface area contributed by atoms with Gasteiger partial charge in [-0.3, -0.25) is 4.79 Å². The number of benzene rings is 1. The Morgan fingerprint density at radius 1 is 1.18 bits per heavy atom. The van der Waals surface area contributed by atoms with Crippen LogP contribution in [0.15, 0.2) is 36.5 Å². The molecule has 0 bridgehead atoms. The number of hydrogen-bond donors (Lipinski definition) is 1. The molecule has 1 N–H and O–H groups in total. The molecule has 1 aromatic carbocycles. The van der Waals surface area contributed by atoms with Crippen molar-refractivity contribution in [2.75, 3.05) is 11.9 Å². The number of Topliss-reactive ketones (excluding diaryl/α,β-unsaturated/α-hetero) is 1. The molecule has 4 nitrogen and oxygen atoms in total. The van der Waals surface area contributed by atoms with Crippen molar-refractivity contribution in [2.45, 2.75) is 33.1 Å². The molecule has 1 aliphatic rings. The fourth-order valence-electron chi connectivity index (χ4n) is 2.88. The van der Waals surface area contributed by atoms with Crippen molar-refractivity contribution in [1.29, 1.82) is 0 Å². The van der Waals surface area contributed by atoms with Gasteiger partial charge in [0.1, 0.15) is 0 Å². The first-order chi connectivity index (χ1) is 10.5. The highest BCUT2D eigenvalue weighted by Gasteiger charge is 2.32. The van der Waals surface area contributed by atoms with Crippen molar-refractivity contribution in [2.24, 2.45) is 5.41 Å². The largest absolute Gasteiger partial charge is 0.354 e. The van der Waals surface area contributed by atoms with E-state index in [2.05, 4.69) is 41.3 Å². The minimum atomic E-state index is -0.0141. The van der Waals surface area contributed by atoms with Gasteiger partial charge in [0, 0.05) is 19.2 Å². The Balaban J connectivity index is 1.67. The van der Waals surface area contributed by atoms with Crippen molar-refractivity contribution in [3.8, 4) is 0 Å². The summed E-state index contributed by atoms with van der Waals surface area (Å²) in [4.78, 5) is 20.9. The summed E-state index contributed by atoms with van der Waals surface area (Å²) < 4.78 is 0. The molecule has 1 heterocycles. The minimum Gasteiger partial charge on any atom is -0.354 e. The average Bonchev–Trinajstić information content (AvgIpc) is 2.47. The van der Waals surface area contributed by atoms with Crippen LogP contribution in [0, 0.1) is 5.41 Å². The molecule has 4 heteroatoms. The number of rotatable bonds is 4. The number of nitrogens with one attached hydrogen (secondary N) is 1. The van der Waals surface area contributed by atoms with Gasteiger partial charge in [-0.25, -0.2) is 9.97 Å². The molecule has 2 aromatic rings. The maximum atomic E-state index is 12.1. The lowest BCUT2D eigenvalue weighted by Gasteiger charge is -2.29. The van der Waals surface area contributed by atoms with Crippen LogP contribution in [0.3, 0.4) is 0 Å². The van der Waals surface area contributed by atoms with Gasteiger partial charge < -0.3 is 5.32 Å². The molecule has 0 radical (unpaired) electrons. The summed E-state index contributed by atoms with van der Waals surface area (Å²) >= 11 is 0. The number of carbonyl (C=O) groups is 1. The van der Waals surface area contributed by atoms with Crippen LogP contribution < -0.4 is 5.32 Å². The van der Waals surface area contributed by atoms with Crippen LogP contribution in [0.4, 0.5) is 5.95 Å². The molecule has 0 spiro atoms. The van der Waals surface area contributed by atoms with Crippen molar-refractivity contribution in [1.82, 2.24) is 9.97 Å².